The van der Waals surface area contributed by atoms with Crippen LogP contribution in [0.3, 0.4) is 0 Å². The third-order valence-electron chi connectivity index (χ3n) is 5.83. The summed E-state index contributed by atoms with van der Waals surface area (Å²) in [5, 5.41) is 7.66. The Morgan fingerprint density at radius 2 is 1.59 bits per heavy atom. The van der Waals surface area contributed by atoms with E-state index in [2.05, 4.69) is 84.8 Å². The molecule has 1 aliphatic rings. The van der Waals surface area contributed by atoms with Crippen LogP contribution in [0.1, 0.15) is 11.1 Å². The Hall–Kier alpha value is -3.71. The first-order valence-corrected chi connectivity index (χ1v) is 11.0. The molecular weight excluding hydrogens is 398 g/mol. The van der Waals surface area contributed by atoms with Gasteiger partial charge in [-0.3, -0.25) is 9.88 Å². The van der Waals surface area contributed by atoms with E-state index in [-0.39, 0.29) is 0 Å². The number of aromatic nitrogens is 4. The second-order valence-electron chi connectivity index (χ2n) is 7.93. The van der Waals surface area contributed by atoms with Gasteiger partial charge in [-0.05, 0) is 29.3 Å². The van der Waals surface area contributed by atoms with E-state index in [1.54, 1.807) is 23.3 Å². The van der Waals surface area contributed by atoms with Crippen molar-refractivity contribution in [1.82, 2.24) is 24.6 Å². The topological polar surface area (TPSA) is 62.1 Å². The average molecular weight is 426 g/mol. The van der Waals surface area contributed by atoms with Crippen LogP contribution in [-0.4, -0.2) is 50.8 Å². The summed E-state index contributed by atoms with van der Waals surface area (Å²) in [7, 11) is 0. The summed E-state index contributed by atoms with van der Waals surface area (Å²) in [6, 6.07) is 21.2. The Morgan fingerprint density at radius 1 is 0.812 bits per heavy atom. The lowest BCUT2D eigenvalue weighted by Gasteiger charge is -2.36. The highest BCUT2D eigenvalue weighted by Gasteiger charge is 2.18. The van der Waals surface area contributed by atoms with Crippen LogP contribution < -0.4 is 10.2 Å². The lowest BCUT2D eigenvalue weighted by atomic mass is 10.1. The van der Waals surface area contributed by atoms with E-state index in [9.17, 15) is 0 Å². The van der Waals surface area contributed by atoms with Crippen molar-refractivity contribution in [2.75, 3.05) is 36.4 Å². The first-order chi connectivity index (χ1) is 15.8. The van der Waals surface area contributed by atoms with E-state index >= 15 is 0 Å². The number of nitrogens with zero attached hydrogens (tertiary/aromatic N) is 6. The fraction of sp³-hybridized carbons (Fsp3) is 0.240. The molecule has 0 spiro atoms. The molecule has 7 nitrogen and oxygen atoms in total. The predicted molar refractivity (Wildman–Crippen MR) is 127 cm³/mol. The van der Waals surface area contributed by atoms with Crippen molar-refractivity contribution in [2.24, 2.45) is 0 Å². The summed E-state index contributed by atoms with van der Waals surface area (Å²) in [6.07, 6.45) is 7.05. The second kappa shape index (κ2) is 9.62. The minimum Gasteiger partial charge on any atom is -0.369 e. The number of anilines is 2. The van der Waals surface area contributed by atoms with Crippen molar-refractivity contribution in [3.63, 3.8) is 0 Å². The van der Waals surface area contributed by atoms with E-state index in [0.717, 1.165) is 38.5 Å². The van der Waals surface area contributed by atoms with Crippen LogP contribution in [-0.2, 0) is 13.1 Å². The normalized spacial score (nSPS) is 14.4. The van der Waals surface area contributed by atoms with Gasteiger partial charge < -0.3 is 10.2 Å². The second-order valence-corrected chi connectivity index (χ2v) is 7.93. The Morgan fingerprint density at radius 3 is 2.38 bits per heavy atom. The summed E-state index contributed by atoms with van der Waals surface area (Å²) in [5.41, 5.74) is 3.95. The molecule has 162 valence electrons. The zero-order valence-corrected chi connectivity index (χ0v) is 18.0. The summed E-state index contributed by atoms with van der Waals surface area (Å²) < 4.78 is 1.71. The van der Waals surface area contributed by atoms with Crippen molar-refractivity contribution in [3.8, 4) is 5.82 Å². The van der Waals surface area contributed by atoms with Gasteiger partial charge in [0.15, 0.2) is 5.82 Å². The Balaban J connectivity index is 1.20. The van der Waals surface area contributed by atoms with E-state index in [1.807, 2.05) is 12.3 Å². The quantitative estimate of drug-likeness (QED) is 0.488. The van der Waals surface area contributed by atoms with Crippen LogP contribution in [0, 0.1) is 0 Å². The molecule has 1 saturated heterocycles. The first-order valence-electron chi connectivity index (χ1n) is 11.0. The minimum atomic E-state index is 0.699. The van der Waals surface area contributed by atoms with Crippen LogP contribution >= 0.6 is 0 Å². The summed E-state index contributed by atoms with van der Waals surface area (Å²) >= 11 is 0. The molecule has 32 heavy (non-hydrogen) atoms. The maximum absolute atomic E-state index is 4.62. The zero-order valence-electron chi connectivity index (χ0n) is 18.0. The van der Waals surface area contributed by atoms with Gasteiger partial charge in [0.1, 0.15) is 5.82 Å². The van der Waals surface area contributed by atoms with Crippen LogP contribution in [0.2, 0.25) is 0 Å². The fourth-order valence-electron chi connectivity index (χ4n) is 4.07. The maximum atomic E-state index is 4.62. The standard InChI is InChI=1S/C25H27N7/c1-2-9-23(10-3-1)31-15-13-30(14-16-31)20-22-8-5-4-7-21(22)17-27-24-18-26-19-25(29-24)32-12-6-11-28-32/h1-12,18-19H,13-17,20H2,(H,27,29). The van der Waals surface area contributed by atoms with Gasteiger partial charge in [-0.1, -0.05) is 42.5 Å². The SMILES string of the molecule is c1ccc(N2CCN(Cc3ccccc3CNc3cncc(-n4cccn4)n3)CC2)cc1. The molecule has 2 aromatic carbocycles. The van der Waals surface area contributed by atoms with Crippen molar-refractivity contribution in [1.29, 1.82) is 0 Å². The Labute approximate surface area is 188 Å². The maximum Gasteiger partial charge on any atom is 0.173 e. The molecule has 1 fully saturated rings. The van der Waals surface area contributed by atoms with Crippen molar-refractivity contribution < 1.29 is 0 Å². The molecule has 0 amide bonds. The van der Waals surface area contributed by atoms with E-state index in [1.165, 1.54) is 16.8 Å². The molecule has 2 aromatic heterocycles. The van der Waals surface area contributed by atoms with Crippen LogP contribution in [0.25, 0.3) is 5.82 Å². The number of para-hydroxylation sites is 1. The third-order valence-corrected chi connectivity index (χ3v) is 5.83. The monoisotopic (exact) mass is 425 g/mol. The van der Waals surface area contributed by atoms with E-state index in [4.69, 9.17) is 0 Å². The smallest absolute Gasteiger partial charge is 0.173 e. The van der Waals surface area contributed by atoms with Crippen molar-refractivity contribution in [3.05, 3.63) is 96.6 Å². The molecule has 7 heteroatoms. The van der Waals surface area contributed by atoms with Gasteiger partial charge in [-0.25, -0.2) is 9.67 Å². The molecule has 0 saturated carbocycles. The number of piperazine rings is 1. The zero-order chi connectivity index (χ0) is 21.6. The minimum absolute atomic E-state index is 0.699. The molecular formula is C25H27N7. The van der Waals surface area contributed by atoms with Gasteiger partial charge in [0.05, 0.1) is 12.4 Å². The number of hydrogen-bond donors (Lipinski definition) is 1. The highest BCUT2D eigenvalue weighted by Crippen LogP contribution is 2.19. The van der Waals surface area contributed by atoms with E-state index < -0.39 is 0 Å². The van der Waals surface area contributed by atoms with Crippen molar-refractivity contribution in [2.45, 2.75) is 13.1 Å². The Bertz CT molecular complexity index is 1120. The summed E-state index contributed by atoms with van der Waals surface area (Å²) in [5.74, 6) is 1.44. The van der Waals surface area contributed by atoms with Gasteiger partial charge in [0.2, 0.25) is 0 Å². The summed E-state index contributed by atoms with van der Waals surface area (Å²) in [6.45, 7) is 5.90. The van der Waals surface area contributed by atoms with E-state index in [0.29, 0.717) is 12.4 Å². The highest BCUT2D eigenvalue weighted by molar-refractivity contribution is 5.46. The van der Waals surface area contributed by atoms with Gasteiger partial charge in [-0.2, -0.15) is 5.10 Å². The third kappa shape index (κ3) is 4.78. The molecule has 4 aromatic rings. The average Bonchev–Trinajstić information content (AvgIpc) is 3.40. The molecule has 0 aliphatic carbocycles. The molecule has 0 bridgehead atoms. The largest absolute Gasteiger partial charge is 0.369 e. The molecule has 0 unspecified atom stereocenters. The van der Waals surface area contributed by atoms with Gasteiger partial charge >= 0.3 is 0 Å². The summed E-state index contributed by atoms with van der Waals surface area (Å²) in [4.78, 5) is 13.9. The lowest BCUT2D eigenvalue weighted by molar-refractivity contribution is 0.249. The number of hydrogen-bond acceptors (Lipinski definition) is 6. The van der Waals surface area contributed by atoms with Crippen LogP contribution in [0.4, 0.5) is 11.5 Å². The van der Waals surface area contributed by atoms with Gasteiger partial charge in [0, 0.05) is 57.3 Å². The fourth-order valence-corrected chi connectivity index (χ4v) is 4.07. The number of rotatable bonds is 7. The van der Waals surface area contributed by atoms with Crippen molar-refractivity contribution >= 4 is 11.5 Å². The molecule has 1 N–H and O–H groups in total. The Kier molecular flexibility index (Phi) is 6.07. The molecule has 3 heterocycles. The first kappa shape index (κ1) is 20.2. The number of benzene rings is 2. The van der Waals surface area contributed by atoms with Crippen LogP contribution in [0.15, 0.2) is 85.5 Å². The number of nitrogens with one attached hydrogen (secondary N) is 1. The van der Waals surface area contributed by atoms with Gasteiger partial charge in [0.25, 0.3) is 0 Å². The predicted octanol–water partition coefficient (Wildman–Crippen LogP) is 3.60. The molecule has 5 rings (SSSR count). The molecule has 0 radical (unpaired) electrons. The lowest BCUT2D eigenvalue weighted by Crippen LogP contribution is -2.46. The molecule has 0 atom stereocenters. The van der Waals surface area contributed by atoms with Crippen LogP contribution in [0.5, 0.6) is 0 Å². The molecule has 1 aliphatic heterocycles. The highest BCUT2D eigenvalue weighted by atomic mass is 15.3. The van der Waals surface area contributed by atoms with Gasteiger partial charge in [-0.15, -0.1) is 0 Å².